The zero-order chi connectivity index (χ0) is 18.2. The number of aromatic nitrogens is 3. The standard InChI is InChI=1S/C20H13N3OS3/c24-18-17-13(12-6-2-1-3-7-12)10-25-19(17)23-20(22-18)26-11-16-21-14-8-4-5-9-15(14)27-16/h1-10H,11H2,(H,22,23,24). The molecule has 0 bridgehead atoms. The number of nitrogens with one attached hydrogen (secondary N) is 1. The van der Waals surface area contributed by atoms with Crippen LogP contribution in [0.15, 0.2) is 69.9 Å². The average molecular weight is 408 g/mol. The van der Waals surface area contributed by atoms with Crippen LogP contribution in [-0.4, -0.2) is 15.0 Å². The lowest BCUT2D eigenvalue weighted by Crippen LogP contribution is -2.08. The molecule has 27 heavy (non-hydrogen) atoms. The lowest BCUT2D eigenvalue weighted by molar-refractivity contribution is 0.979. The van der Waals surface area contributed by atoms with Gasteiger partial charge in [-0.15, -0.1) is 22.7 Å². The van der Waals surface area contributed by atoms with Crippen molar-refractivity contribution in [3.63, 3.8) is 0 Å². The molecule has 0 saturated heterocycles. The number of hydrogen-bond donors (Lipinski definition) is 1. The van der Waals surface area contributed by atoms with Crippen molar-refractivity contribution in [2.75, 3.05) is 0 Å². The molecule has 0 aliphatic heterocycles. The van der Waals surface area contributed by atoms with E-state index in [0.717, 1.165) is 26.5 Å². The number of benzene rings is 2. The van der Waals surface area contributed by atoms with Gasteiger partial charge in [-0.1, -0.05) is 54.2 Å². The van der Waals surface area contributed by atoms with Crippen LogP contribution >= 0.6 is 34.4 Å². The molecule has 5 rings (SSSR count). The summed E-state index contributed by atoms with van der Waals surface area (Å²) < 4.78 is 1.18. The van der Waals surface area contributed by atoms with Crippen LogP contribution in [0.2, 0.25) is 0 Å². The molecular weight excluding hydrogens is 394 g/mol. The highest BCUT2D eigenvalue weighted by Crippen LogP contribution is 2.32. The Kier molecular flexibility index (Phi) is 4.27. The van der Waals surface area contributed by atoms with Crippen molar-refractivity contribution < 1.29 is 0 Å². The maximum atomic E-state index is 12.7. The highest BCUT2D eigenvalue weighted by atomic mass is 32.2. The van der Waals surface area contributed by atoms with E-state index >= 15 is 0 Å². The van der Waals surface area contributed by atoms with Crippen LogP contribution in [0.4, 0.5) is 0 Å². The molecule has 0 amide bonds. The number of nitrogens with zero attached hydrogens (tertiary/aromatic N) is 2. The van der Waals surface area contributed by atoms with Gasteiger partial charge in [0.1, 0.15) is 9.84 Å². The van der Waals surface area contributed by atoms with Crippen molar-refractivity contribution >= 4 is 54.9 Å². The molecule has 1 N–H and O–H groups in total. The first-order valence-electron chi connectivity index (χ1n) is 8.32. The number of aromatic amines is 1. The Morgan fingerprint density at radius 1 is 1.00 bits per heavy atom. The van der Waals surface area contributed by atoms with Crippen molar-refractivity contribution in [2.24, 2.45) is 0 Å². The van der Waals surface area contributed by atoms with Crippen LogP contribution in [0.3, 0.4) is 0 Å². The Morgan fingerprint density at radius 2 is 1.81 bits per heavy atom. The molecule has 132 valence electrons. The van der Waals surface area contributed by atoms with Gasteiger partial charge in [-0.3, -0.25) is 4.79 Å². The molecule has 0 aliphatic rings. The van der Waals surface area contributed by atoms with Gasteiger partial charge >= 0.3 is 0 Å². The third-order valence-corrected chi connectivity index (χ3v) is 7.15. The van der Waals surface area contributed by atoms with Crippen molar-refractivity contribution in [2.45, 2.75) is 10.9 Å². The summed E-state index contributed by atoms with van der Waals surface area (Å²) in [7, 11) is 0. The topological polar surface area (TPSA) is 58.6 Å². The first kappa shape index (κ1) is 16.7. The van der Waals surface area contributed by atoms with Crippen molar-refractivity contribution in [1.82, 2.24) is 15.0 Å². The number of fused-ring (bicyclic) bond motifs is 2. The number of hydrogen-bond acceptors (Lipinski definition) is 6. The zero-order valence-corrected chi connectivity index (χ0v) is 16.5. The number of para-hydroxylation sites is 1. The molecule has 0 unspecified atom stereocenters. The zero-order valence-electron chi connectivity index (χ0n) is 14.0. The summed E-state index contributed by atoms with van der Waals surface area (Å²) in [4.78, 5) is 25.7. The predicted molar refractivity (Wildman–Crippen MR) is 115 cm³/mol. The molecule has 4 nitrogen and oxygen atoms in total. The second-order valence-corrected chi connectivity index (χ2v) is 8.87. The lowest BCUT2D eigenvalue weighted by Gasteiger charge is -2.01. The largest absolute Gasteiger partial charge is 0.301 e. The quantitative estimate of drug-likeness (QED) is 0.313. The van der Waals surface area contributed by atoms with Crippen LogP contribution in [0.25, 0.3) is 31.6 Å². The van der Waals surface area contributed by atoms with Crippen LogP contribution in [0.1, 0.15) is 5.01 Å². The molecule has 0 fully saturated rings. The minimum absolute atomic E-state index is 0.0908. The normalized spacial score (nSPS) is 11.4. The van der Waals surface area contributed by atoms with Gasteiger partial charge in [-0.25, -0.2) is 9.97 Å². The van der Waals surface area contributed by atoms with Crippen LogP contribution in [0.5, 0.6) is 0 Å². The lowest BCUT2D eigenvalue weighted by atomic mass is 10.1. The number of thioether (sulfide) groups is 1. The maximum absolute atomic E-state index is 12.7. The van der Waals surface area contributed by atoms with Crippen LogP contribution in [0, 0.1) is 0 Å². The Bertz CT molecular complexity index is 1270. The summed E-state index contributed by atoms with van der Waals surface area (Å²) in [6, 6.07) is 18.0. The van der Waals surface area contributed by atoms with Gasteiger partial charge in [0.15, 0.2) is 5.16 Å². The SMILES string of the molecule is O=c1[nH]c(SCc2nc3ccccc3s2)nc2scc(-c3ccccc3)c12. The van der Waals surface area contributed by atoms with Gasteiger partial charge in [0.05, 0.1) is 21.4 Å². The Balaban J connectivity index is 1.45. The molecule has 3 heterocycles. The van der Waals surface area contributed by atoms with E-state index in [1.807, 2.05) is 53.9 Å². The Labute approximate surface area is 166 Å². The van der Waals surface area contributed by atoms with E-state index in [0.29, 0.717) is 16.3 Å². The fourth-order valence-electron chi connectivity index (χ4n) is 2.94. The van der Waals surface area contributed by atoms with Gasteiger partial charge < -0.3 is 4.98 Å². The molecule has 5 aromatic rings. The first-order chi connectivity index (χ1) is 13.3. The number of thiazole rings is 1. The van der Waals surface area contributed by atoms with E-state index in [2.05, 4.69) is 21.0 Å². The van der Waals surface area contributed by atoms with Gasteiger partial charge in [-0.2, -0.15) is 0 Å². The van der Waals surface area contributed by atoms with E-state index in [9.17, 15) is 4.79 Å². The van der Waals surface area contributed by atoms with E-state index in [1.165, 1.54) is 27.8 Å². The maximum Gasteiger partial charge on any atom is 0.260 e. The van der Waals surface area contributed by atoms with Crippen LogP contribution < -0.4 is 5.56 Å². The van der Waals surface area contributed by atoms with E-state index < -0.39 is 0 Å². The smallest absolute Gasteiger partial charge is 0.260 e. The Morgan fingerprint density at radius 3 is 2.67 bits per heavy atom. The molecule has 2 aromatic carbocycles. The monoisotopic (exact) mass is 407 g/mol. The highest BCUT2D eigenvalue weighted by molar-refractivity contribution is 7.98. The fourth-order valence-corrected chi connectivity index (χ4v) is 5.77. The van der Waals surface area contributed by atoms with E-state index in [-0.39, 0.29) is 5.56 Å². The minimum Gasteiger partial charge on any atom is -0.301 e. The molecule has 7 heteroatoms. The first-order valence-corrected chi connectivity index (χ1v) is 11.0. The van der Waals surface area contributed by atoms with E-state index in [1.54, 1.807) is 11.3 Å². The minimum atomic E-state index is -0.0908. The average Bonchev–Trinajstić information content (AvgIpc) is 3.31. The predicted octanol–water partition coefficient (Wildman–Crippen LogP) is 5.55. The number of H-pyrrole nitrogens is 1. The van der Waals surface area contributed by atoms with Crippen LogP contribution in [-0.2, 0) is 5.75 Å². The molecular formula is C20H13N3OS3. The number of rotatable bonds is 4. The van der Waals surface area contributed by atoms with Gasteiger partial charge in [0.25, 0.3) is 5.56 Å². The fraction of sp³-hybridized carbons (Fsp3) is 0.0500. The summed E-state index contributed by atoms with van der Waals surface area (Å²) >= 11 is 4.69. The van der Waals surface area contributed by atoms with E-state index in [4.69, 9.17) is 0 Å². The molecule has 0 aliphatic carbocycles. The molecule has 0 atom stereocenters. The summed E-state index contributed by atoms with van der Waals surface area (Å²) in [5, 5.41) is 4.33. The Hall–Kier alpha value is -2.48. The summed E-state index contributed by atoms with van der Waals surface area (Å²) in [6.45, 7) is 0. The van der Waals surface area contributed by atoms with Gasteiger partial charge in [0, 0.05) is 10.9 Å². The number of thiophene rings is 1. The molecule has 0 saturated carbocycles. The van der Waals surface area contributed by atoms with Gasteiger partial charge in [-0.05, 0) is 17.7 Å². The second kappa shape index (κ2) is 6.92. The highest BCUT2D eigenvalue weighted by Gasteiger charge is 2.13. The summed E-state index contributed by atoms with van der Waals surface area (Å²) in [5.74, 6) is 0.685. The third-order valence-electron chi connectivity index (χ3n) is 4.18. The second-order valence-electron chi connectivity index (χ2n) is 5.93. The molecule has 0 radical (unpaired) electrons. The summed E-state index contributed by atoms with van der Waals surface area (Å²) in [6.07, 6.45) is 0. The molecule has 0 spiro atoms. The van der Waals surface area contributed by atoms with Crippen molar-refractivity contribution in [1.29, 1.82) is 0 Å². The van der Waals surface area contributed by atoms with Gasteiger partial charge in [0.2, 0.25) is 0 Å². The van der Waals surface area contributed by atoms with Crippen molar-refractivity contribution in [3.8, 4) is 11.1 Å². The summed E-state index contributed by atoms with van der Waals surface area (Å²) in [5.41, 5.74) is 2.89. The van der Waals surface area contributed by atoms with Crippen molar-refractivity contribution in [3.05, 3.63) is 75.3 Å². The molecule has 3 aromatic heterocycles. The third kappa shape index (κ3) is 3.18.